The third-order valence-corrected chi connectivity index (χ3v) is 8.73. The molecule has 20 heteroatoms. The first kappa shape index (κ1) is 41.6. The smallest absolute Gasteiger partial charge is 0.322 e. The van der Waals surface area contributed by atoms with E-state index >= 15 is 0 Å². The molecule has 276 valence electrons. The average molecular weight is 733 g/mol. The molecule has 0 bridgehead atoms. The minimum atomic E-state index is -1.22. The molecule has 49 heavy (non-hydrogen) atoms. The topological polar surface area (TPSA) is 270 Å². The molecule has 9 N–H and O–H groups in total. The van der Waals surface area contributed by atoms with Crippen LogP contribution in [0.4, 0.5) is 0 Å². The second kappa shape index (κ2) is 20.1. The fraction of sp³-hybridized carbons (Fsp3) is 0.724. The van der Waals surface area contributed by atoms with E-state index in [1.54, 1.807) is 0 Å². The Morgan fingerprint density at radius 3 is 1.92 bits per heavy atom. The lowest BCUT2D eigenvalue weighted by Gasteiger charge is -2.33. The molecule has 2 aliphatic heterocycles. The van der Waals surface area contributed by atoms with Crippen LogP contribution < -0.4 is 32.3 Å². The van der Waals surface area contributed by atoms with Crippen molar-refractivity contribution in [2.24, 2.45) is 11.7 Å². The summed E-state index contributed by atoms with van der Waals surface area (Å²) in [4.78, 5) is 104. The number of aliphatic carboxylic acids is 1. The van der Waals surface area contributed by atoms with Crippen LogP contribution in [0.25, 0.3) is 0 Å². The summed E-state index contributed by atoms with van der Waals surface area (Å²) in [6.45, 7) is 2.40. The number of aliphatic hydroxyl groups excluding tert-OH is 1. The molecular formula is C29H48N8O10S2. The predicted octanol–water partition coefficient (Wildman–Crippen LogP) is -4.03. The summed E-state index contributed by atoms with van der Waals surface area (Å²) in [5.74, 6) is -6.12. The molecule has 2 rings (SSSR count). The zero-order chi connectivity index (χ0) is 36.8. The van der Waals surface area contributed by atoms with Crippen molar-refractivity contribution < 1.29 is 48.6 Å². The van der Waals surface area contributed by atoms with Crippen molar-refractivity contribution in [3.05, 3.63) is 0 Å². The zero-order valence-electron chi connectivity index (χ0n) is 27.6. The Hall–Kier alpha value is -3.62. The van der Waals surface area contributed by atoms with Gasteiger partial charge in [0.2, 0.25) is 41.4 Å². The van der Waals surface area contributed by atoms with E-state index in [1.165, 1.54) is 9.80 Å². The number of hydrogen-bond donors (Lipinski definition) is 10. The van der Waals surface area contributed by atoms with Gasteiger partial charge in [-0.25, -0.2) is 0 Å². The number of amides is 7. The first-order valence-electron chi connectivity index (χ1n) is 16.0. The van der Waals surface area contributed by atoms with E-state index in [-0.39, 0.29) is 36.9 Å². The highest BCUT2D eigenvalue weighted by molar-refractivity contribution is 7.80. The van der Waals surface area contributed by atoms with E-state index in [1.807, 2.05) is 13.8 Å². The van der Waals surface area contributed by atoms with Gasteiger partial charge >= 0.3 is 5.97 Å². The lowest BCUT2D eigenvalue weighted by atomic mass is 10.0. The van der Waals surface area contributed by atoms with Crippen LogP contribution >= 0.6 is 25.3 Å². The largest absolute Gasteiger partial charge is 0.480 e. The molecule has 0 unspecified atom stereocenters. The molecular weight excluding hydrogens is 684 g/mol. The zero-order valence-corrected chi connectivity index (χ0v) is 29.3. The minimum Gasteiger partial charge on any atom is -0.480 e. The number of nitrogens with zero attached hydrogens (tertiary/aromatic N) is 2. The van der Waals surface area contributed by atoms with E-state index in [4.69, 9.17) is 15.9 Å². The Balaban J connectivity index is 2.09. The summed E-state index contributed by atoms with van der Waals surface area (Å²) in [5.41, 5.74) is 5.40. The number of rotatable bonds is 18. The molecule has 0 aromatic rings. The van der Waals surface area contributed by atoms with Crippen LogP contribution in [-0.2, 0) is 38.4 Å². The van der Waals surface area contributed by atoms with Crippen molar-refractivity contribution in [2.75, 3.05) is 44.3 Å². The number of carboxylic acid groups (broad SMARTS) is 1. The molecule has 6 atom stereocenters. The molecule has 18 nitrogen and oxygen atoms in total. The van der Waals surface area contributed by atoms with Gasteiger partial charge in [0.25, 0.3) is 0 Å². The van der Waals surface area contributed by atoms with Gasteiger partial charge in [-0.05, 0) is 38.0 Å². The molecule has 0 aromatic carbocycles. The van der Waals surface area contributed by atoms with Gasteiger partial charge in [-0.3, -0.25) is 38.4 Å². The maximum Gasteiger partial charge on any atom is 0.322 e. The van der Waals surface area contributed by atoms with E-state index in [2.05, 4.69) is 51.8 Å². The predicted molar refractivity (Wildman–Crippen MR) is 181 cm³/mol. The van der Waals surface area contributed by atoms with Gasteiger partial charge in [-0.2, -0.15) is 25.3 Å². The number of carboxylic acids is 1. The van der Waals surface area contributed by atoms with Crippen molar-refractivity contribution in [3.8, 4) is 0 Å². The van der Waals surface area contributed by atoms with E-state index in [0.29, 0.717) is 25.7 Å². The first-order chi connectivity index (χ1) is 23.1. The van der Waals surface area contributed by atoms with Gasteiger partial charge in [0.1, 0.15) is 42.8 Å². The van der Waals surface area contributed by atoms with E-state index in [0.717, 1.165) is 0 Å². The maximum absolute atomic E-state index is 13.7. The molecule has 2 heterocycles. The Labute approximate surface area is 295 Å². The summed E-state index contributed by atoms with van der Waals surface area (Å²) in [6.07, 6.45) is 1.88. The third-order valence-electron chi connectivity index (χ3n) is 8.00. The standard InChI is InChI=1S/C29H48N8O10S2/c1-15(2)9-17(34-26(44)18(13-48)33-22(39)10-31-24(42)16(30)12-38)25(43)35-19(14-49)28(46)37-8-4-6-21(37)29(47)36-7-3-5-20(36)27(45)32-11-23(40)41/h15-21,38,48-49H,3-14,30H2,1-2H3,(H,31,42)(H,32,45)(H,33,39)(H,34,44)(H,35,43)(H,40,41)/t16-,17-,18-,19-,20-,21-/m0/s1. The van der Waals surface area contributed by atoms with E-state index in [9.17, 15) is 38.4 Å². The Kier molecular flexibility index (Phi) is 17.1. The van der Waals surface area contributed by atoms with Gasteiger partial charge in [-0.1, -0.05) is 13.8 Å². The molecule has 0 saturated carbocycles. The molecule has 0 aliphatic carbocycles. The number of nitrogens with one attached hydrogen (secondary N) is 5. The fourth-order valence-electron chi connectivity index (χ4n) is 5.52. The number of carbonyl (C=O) groups excluding carboxylic acids is 7. The van der Waals surface area contributed by atoms with Gasteiger partial charge in [-0.15, -0.1) is 0 Å². The number of nitrogens with two attached hydrogens (primary N) is 1. The van der Waals surface area contributed by atoms with Crippen molar-refractivity contribution in [2.45, 2.75) is 82.2 Å². The lowest BCUT2D eigenvalue weighted by Crippen LogP contribution is -2.60. The molecule has 0 aromatic heterocycles. The highest BCUT2D eigenvalue weighted by Crippen LogP contribution is 2.26. The number of hydrogen-bond acceptors (Lipinski definition) is 12. The molecule has 7 amide bonds. The SMILES string of the molecule is CC(C)C[C@H](NC(=O)[C@H](CS)NC(=O)CNC(=O)[C@@H](N)CO)C(=O)N[C@@H](CS)C(=O)N1CCC[C@H]1C(=O)N1CCC[C@H]1C(=O)NCC(=O)O. The van der Waals surface area contributed by atoms with Crippen LogP contribution in [-0.4, -0.2) is 148 Å². The van der Waals surface area contributed by atoms with Crippen molar-refractivity contribution in [1.82, 2.24) is 36.4 Å². The molecule has 0 spiro atoms. The van der Waals surface area contributed by atoms with Gasteiger partial charge in [0.05, 0.1) is 13.2 Å². The Bertz CT molecular complexity index is 1240. The molecule has 2 saturated heterocycles. The minimum absolute atomic E-state index is 0.0853. The molecule has 0 radical (unpaired) electrons. The van der Waals surface area contributed by atoms with Crippen LogP contribution in [0, 0.1) is 5.92 Å². The second-order valence-electron chi connectivity index (χ2n) is 12.2. The highest BCUT2D eigenvalue weighted by Gasteiger charge is 2.43. The number of aliphatic hydroxyl groups is 1. The summed E-state index contributed by atoms with van der Waals surface area (Å²) in [5, 5.41) is 30.0. The Morgan fingerprint density at radius 2 is 1.35 bits per heavy atom. The van der Waals surface area contributed by atoms with Crippen LogP contribution in [0.5, 0.6) is 0 Å². The third kappa shape index (κ3) is 12.3. The summed E-state index contributed by atoms with van der Waals surface area (Å²) >= 11 is 8.38. The van der Waals surface area contributed by atoms with Crippen molar-refractivity contribution in [1.29, 1.82) is 0 Å². The quantitative estimate of drug-likeness (QED) is 0.0607. The van der Waals surface area contributed by atoms with Crippen LogP contribution in [0.1, 0.15) is 46.0 Å². The van der Waals surface area contributed by atoms with Gasteiger partial charge in [0.15, 0.2) is 0 Å². The maximum atomic E-state index is 13.7. The Morgan fingerprint density at radius 1 is 0.776 bits per heavy atom. The molecule has 2 fully saturated rings. The summed E-state index contributed by atoms with van der Waals surface area (Å²) in [6, 6.07) is -6.47. The van der Waals surface area contributed by atoms with Gasteiger partial charge < -0.3 is 52.3 Å². The average Bonchev–Trinajstić information content (AvgIpc) is 3.76. The summed E-state index contributed by atoms with van der Waals surface area (Å²) < 4.78 is 0. The first-order valence-corrected chi connectivity index (χ1v) is 17.3. The lowest BCUT2D eigenvalue weighted by molar-refractivity contribution is -0.148. The van der Waals surface area contributed by atoms with Crippen LogP contribution in [0.15, 0.2) is 0 Å². The van der Waals surface area contributed by atoms with E-state index < -0.39 is 103 Å². The van der Waals surface area contributed by atoms with Crippen molar-refractivity contribution >= 4 is 72.6 Å². The fourth-order valence-corrected chi connectivity index (χ4v) is 6.02. The number of likely N-dealkylation sites (tertiary alicyclic amines) is 2. The number of thiol groups is 2. The molecule has 2 aliphatic rings. The second-order valence-corrected chi connectivity index (χ2v) is 13.0. The summed E-state index contributed by atoms with van der Waals surface area (Å²) in [7, 11) is 0. The monoisotopic (exact) mass is 732 g/mol. The van der Waals surface area contributed by atoms with Crippen molar-refractivity contribution in [3.63, 3.8) is 0 Å². The number of carbonyl (C=O) groups is 8. The van der Waals surface area contributed by atoms with Gasteiger partial charge in [0, 0.05) is 24.6 Å². The highest BCUT2D eigenvalue weighted by atomic mass is 32.1. The van der Waals surface area contributed by atoms with Crippen LogP contribution in [0.2, 0.25) is 0 Å². The normalized spacial score (nSPS) is 19.7. The van der Waals surface area contributed by atoms with Crippen LogP contribution in [0.3, 0.4) is 0 Å².